The molecule has 8 unspecified atom stereocenters. The molecule has 0 aromatic carbocycles. The number of ether oxygens (including phenoxy) is 6. The van der Waals surface area contributed by atoms with Crippen LogP contribution in [0.2, 0.25) is 0 Å². The molecule has 0 aromatic rings. The molecule has 3 saturated heterocycles. The molecule has 2 aliphatic carbocycles. The fourth-order valence-corrected chi connectivity index (χ4v) is 7.34. The Labute approximate surface area is 274 Å². The van der Waals surface area contributed by atoms with Gasteiger partial charge in [-0.05, 0) is 38.0 Å². The molecule has 0 bridgehead atoms. The van der Waals surface area contributed by atoms with Crippen molar-refractivity contribution in [3.63, 3.8) is 0 Å². The number of aliphatic hydroxyl groups is 10. The number of hydrogen-bond acceptors (Lipinski definition) is 18. The first-order valence-electron chi connectivity index (χ1n) is 16.1. The number of carboxylic acids is 1. The highest BCUT2D eigenvalue weighted by atomic mass is 16.8. The predicted octanol–water partition coefficient (Wildman–Crippen LogP) is -5.56. The van der Waals surface area contributed by atoms with Gasteiger partial charge in [-0.1, -0.05) is 0 Å². The summed E-state index contributed by atoms with van der Waals surface area (Å²) in [5, 5.41) is 114. The Morgan fingerprint density at radius 2 is 1.35 bits per heavy atom. The van der Waals surface area contributed by atoms with Crippen LogP contribution < -0.4 is 0 Å². The van der Waals surface area contributed by atoms with Crippen molar-refractivity contribution in [1.29, 1.82) is 0 Å². The fraction of sp³-hybridized carbons (Fsp3) is 0.931. The molecule has 5 rings (SSSR count). The summed E-state index contributed by atoms with van der Waals surface area (Å²) >= 11 is 0. The van der Waals surface area contributed by atoms with Crippen LogP contribution >= 0.6 is 0 Å². The number of aliphatic carboxylic acids is 1. The normalized spacial score (nSPS) is 49.9. The molecular weight excluding hydrogens is 652 g/mol. The van der Waals surface area contributed by atoms with E-state index in [-0.39, 0.29) is 32.1 Å². The summed E-state index contributed by atoms with van der Waals surface area (Å²) in [6.45, 7) is -1.19. The summed E-state index contributed by atoms with van der Waals surface area (Å²) in [5.74, 6) is -3.83. The lowest BCUT2D eigenvalue weighted by Gasteiger charge is -2.52. The Bertz CT molecular complexity index is 1080. The molecule has 5 aliphatic rings. The van der Waals surface area contributed by atoms with Crippen molar-refractivity contribution in [2.45, 2.75) is 143 Å². The van der Waals surface area contributed by atoms with E-state index in [1.807, 2.05) is 0 Å². The Morgan fingerprint density at radius 1 is 0.667 bits per heavy atom. The first kappa shape index (κ1) is 37.6. The van der Waals surface area contributed by atoms with E-state index in [1.165, 1.54) is 0 Å². The molecule has 11 N–H and O–H groups in total. The summed E-state index contributed by atoms with van der Waals surface area (Å²) in [6, 6.07) is 0. The molecule has 0 aromatic heterocycles. The highest BCUT2D eigenvalue weighted by Gasteiger charge is 2.54. The maximum Gasteiger partial charge on any atom is 0.317 e. The van der Waals surface area contributed by atoms with Crippen molar-refractivity contribution in [1.82, 2.24) is 0 Å². The minimum Gasteiger partial charge on any atom is -0.481 e. The van der Waals surface area contributed by atoms with Crippen LogP contribution in [0.3, 0.4) is 0 Å². The molecular formula is C29H46O19. The SMILES string of the molecule is O=C(O)CC(=O)OC[C@H]1O[C@@H](OC2CC3C(O)CC(O)CC3OC2C2CC(O)C(O)C(O)C2)[C@H](O[C@@H]2OC[C@@H](O)[C@H](O)[C@H]2O)[C@@H](O)[C@H]1O. The van der Waals surface area contributed by atoms with Crippen molar-refractivity contribution in [3.8, 4) is 0 Å². The van der Waals surface area contributed by atoms with Gasteiger partial charge in [-0.25, -0.2) is 0 Å². The van der Waals surface area contributed by atoms with Crippen LogP contribution in [0.5, 0.6) is 0 Å². The number of hydrogen-bond donors (Lipinski definition) is 11. The minimum absolute atomic E-state index is 0.0253. The van der Waals surface area contributed by atoms with Crippen molar-refractivity contribution in [2.24, 2.45) is 11.8 Å². The third-order valence-corrected chi connectivity index (χ3v) is 9.94. The Hall–Kier alpha value is -1.66. The van der Waals surface area contributed by atoms with Crippen molar-refractivity contribution >= 4 is 11.9 Å². The van der Waals surface area contributed by atoms with Gasteiger partial charge in [0.15, 0.2) is 12.6 Å². The van der Waals surface area contributed by atoms with Gasteiger partial charge < -0.3 is 84.6 Å². The van der Waals surface area contributed by atoms with E-state index in [1.54, 1.807) is 0 Å². The van der Waals surface area contributed by atoms with E-state index in [0.29, 0.717) is 0 Å². The number of carboxylic acid groups (broad SMARTS) is 1. The molecule has 2 saturated carbocycles. The van der Waals surface area contributed by atoms with Crippen LogP contribution in [0.15, 0.2) is 0 Å². The van der Waals surface area contributed by atoms with Crippen LogP contribution in [0.1, 0.15) is 38.5 Å². The number of carbonyl (C=O) groups is 2. The zero-order valence-corrected chi connectivity index (χ0v) is 25.8. The summed E-state index contributed by atoms with van der Waals surface area (Å²) < 4.78 is 34.6. The van der Waals surface area contributed by atoms with Crippen molar-refractivity contribution in [3.05, 3.63) is 0 Å². The largest absolute Gasteiger partial charge is 0.481 e. The van der Waals surface area contributed by atoms with Gasteiger partial charge in [0.05, 0.1) is 49.3 Å². The average Bonchev–Trinajstić information content (AvgIpc) is 3.02. The third kappa shape index (κ3) is 8.27. The lowest BCUT2D eigenvalue weighted by atomic mass is 9.72. The maximum absolute atomic E-state index is 11.9. The van der Waals surface area contributed by atoms with Gasteiger partial charge in [0.1, 0.15) is 61.9 Å². The quantitative estimate of drug-likeness (QED) is 0.0790. The second-order valence-corrected chi connectivity index (χ2v) is 13.4. The van der Waals surface area contributed by atoms with Gasteiger partial charge >= 0.3 is 11.9 Å². The number of fused-ring (bicyclic) bond motifs is 1. The van der Waals surface area contributed by atoms with E-state index >= 15 is 0 Å². The number of rotatable bonds is 9. The molecule has 48 heavy (non-hydrogen) atoms. The van der Waals surface area contributed by atoms with Gasteiger partial charge in [0, 0.05) is 5.92 Å². The number of aliphatic hydroxyl groups excluding tert-OH is 10. The first-order valence-corrected chi connectivity index (χ1v) is 16.1. The van der Waals surface area contributed by atoms with Gasteiger partial charge in [-0.3, -0.25) is 9.59 Å². The van der Waals surface area contributed by atoms with Crippen molar-refractivity contribution in [2.75, 3.05) is 13.2 Å². The molecule has 0 spiro atoms. The van der Waals surface area contributed by atoms with E-state index in [9.17, 15) is 60.7 Å². The highest BCUT2D eigenvalue weighted by Crippen LogP contribution is 2.43. The maximum atomic E-state index is 11.9. The monoisotopic (exact) mass is 698 g/mol. The van der Waals surface area contributed by atoms with Crippen molar-refractivity contribution < 1.29 is 94.2 Å². The molecule has 0 radical (unpaired) electrons. The fourth-order valence-electron chi connectivity index (χ4n) is 7.34. The summed E-state index contributed by atoms with van der Waals surface area (Å²) in [4.78, 5) is 22.8. The lowest BCUT2D eigenvalue weighted by Crippen LogP contribution is -2.65. The first-order chi connectivity index (χ1) is 22.6. The Morgan fingerprint density at radius 3 is 2.02 bits per heavy atom. The van der Waals surface area contributed by atoms with Crippen LogP contribution in [-0.4, -0.2) is 185 Å². The Kier molecular flexibility index (Phi) is 12.3. The van der Waals surface area contributed by atoms with E-state index < -0.39 is 148 Å². The van der Waals surface area contributed by atoms with Crippen LogP contribution in [0.25, 0.3) is 0 Å². The van der Waals surface area contributed by atoms with E-state index in [4.69, 9.17) is 33.5 Å². The van der Waals surface area contributed by atoms with Gasteiger partial charge in [-0.2, -0.15) is 0 Å². The molecule has 5 fully saturated rings. The molecule has 276 valence electrons. The minimum atomic E-state index is -1.90. The van der Waals surface area contributed by atoms with Crippen LogP contribution in [0, 0.1) is 11.8 Å². The highest BCUT2D eigenvalue weighted by molar-refractivity contribution is 5.90. The molecule has 0 amide bonds. The summed E-state index contributed by atoms with van der Waals surface area (Å²) in [7, 11) is 0. The van der Waals surface area contributed by atoms with E-state index in [0.717, 1.165) is 0 Å². The van der Waals surface area contributed by atoms with Gasteiger partial charge in [-0.15, -0.1) is 0 Å². The standard InChI is InChI=1S/C29H46O19/c30-10-3-12(31)11-5-17(26(45-16(11)4-10)9-1-13(32)21(38)14(33)2-9)46-29-27(48-28-25(42)22(39)15(34)7-44-28)24(41)23(40)18(47-29)8-43-20(37)6-19(35)36/h9-18,21-34,38-42H,1-8H2,(H,35,36)/t9?,10?,11?,12?,13?,14?,15-,16?,17?,18-,21?,22+,23+,24+,25-,26?,27-,28+,29-/m1/s1. The molecule has 3 aliphatic heterocycles. The Balaban J connectivity index is 1.42. The molecule has 3 heterocycles. The predicted molar refractivity (Wildman–Crippen MR) is 150 cm³/mol. The number of carbonyl (C=O) groups excluding carboxylic acids is 1. The molecule has 17 atom stereocenters. The third-order valence-electron chi connectivity index (χ3n) is 9.94. The summed E-state index contributed by atoms with van der Waals surface area (Å²) in [5.41, 5.74) is 0. The number of esters is 1. The van der Waals surface area contributed by atoms with Gasteiger partial charge in [0.25, 0.3) is 0 Å². The van der Waals surface area contributed by atoms with Gasteiger partial charge in [0.2, 0.25) is 0 Å². The van der Waals surface area contributed by atoms with Crippen LogP contribution in [-0.2, 0) is 38.0 Å². The van der Waals surface area contributed by atoms with Crippen LogP contribution in [0.4, 0.5) is 0 Å². The van der Waals surface area contributed by atoms with E-state index in [2.05, 4.69) is 0 Å². The molecule has 19 heteroatoms. The summed E-state index contributed by atoms with van der Waals surface area (Å²) in [6.07, 6.45) is -24.6. The lowest BCUT2D eigenvalue weighted by molar-refractivity contribution is -0.371. The average molecular weight is 699 g/mol. The zero-order valence-electron chi connectivity index (χ0n) is 25.8. The topological polar surface area (TPSA) is 312 Å². The zero-order chi connectivity index (χ0) is 35.0. The smallest absolute Gasteiger partial charge is 0.317 e. The second-order valence-electron chi connectivity index (χ2n) is 13.4. The molecule has 19 nitrogen and oxygen atoms in total. The second kappa shape index (κ2) is 15.7.